The molecular weight excluding hydrogens is 310 g/mol. The number of imidazole rings is 1. The number of anilines is 1. The van der Waals surface area contributed by atoms with Crippen molar-refractivity contribution in [1.82, 2.24) is 9.55 Å². The lowest BCUT2D eigenvalue weighted by atomic mass is 10.2. The molecule has 0 aliphatic rings. The second kappa shape index (κ2) is 6.67. The third-order valence-electron chi connectivity index (χ3n) is 3.88. The van der Waals surface area contributed by atoms with E-state index in [9.17, 15) is 8.78 Å². The summed E-state index contributed by atoms with van der Waals surface area (Å²) in [5, 5.41) is 11.5. The van der Waals surface area contributed by atoms with E-state index in [0.29, 0.717) is 19.5 Å². The third-order valence-corrected chi connectivity index (χ3v) is 3.88. The molecule has 24 heavy (non-hydrogen) atoms. The Hall–Kier alpha value is -2.94. The molecule has 1 heterocycles. The molecule has 2 aromatic carbocycles. The van der Waals surface area contributed by atoms with Crippen LogP contribution in [0.3, 0.4) is 0 Å². The summed E-state index contributed by atoms with van der Waals surface area (Å²) in [5.74, 6) is -0.599. The van der Waals surface area contributed by atoms with Gasteiger partial charge in [0.2, 0.25) is 0 Å². The van der Waals surface area contributed by atoms with Crippen molar-refractivity contribution >= 4 is 16.7 Å². The molecule has 1 N–H and O–H groups in total. The number of benzene rings is 2. The van der Waals surface area contributed by atoms with Gasteiger partial charge in [0.05, 0.1) is 22.7 Å². The van der Waals surface area contributed by atoms with Gasteiger partial charge < -0.3 is 9.88 Å². The highest BCUT2D eigenvalue weighted by molar-refractivity contribution is 5.75. The molecule has 0 aliphatic carbocycles. The first-order valence-corrected chi connectivity index (χ1v) is 7.65. The van der Waals surface area contributed by atoms with Gasteiger partial charge in [-0.25, -0.2) is 13.8 Å². The van der Waals surface area contributed by atoms with Crippen molar-refractivity contribution in [3.63, 3.8) is 0 Å². The maximum Gasteiger partial charge on any atom is 0.150 e. The molecule has 122 valence electrons. The Bertz CT molecular complexity index is 901. The van der Waals surface area contributed by atoms with Crippen molar-refractivity contribution in [2.45, 2.75) is 19.9 Å². The first kappa shape index (κ1) is 15.9. The zero-order chi connectivity index (χ0) is 17.1. The van der Waals surface area contributed by atoms with Crippen LogP contribution in [0.15, 0.2) is 36.4 Å². The maximum atomic E-state index is 13.8. The van der Waals surface area contributed by atoms with E-state index in [-0.39, 0.29) is 11.3 Å². The van der Waals surface area contributed by atoms with Gasteiger partial charge in [-0.05, 0) is 37.6 Å². The number of rotatable bonds is 5. The van der Waals surface area contributed by atoms with E-state index < -0.39 is 11.6 Å². The second-order valence-electron chi connectivity index (χ2n) is 5.51. The lowest BCUT2D eigenvalue weighted by Crippen LogP contribution is -2.10. The Morgan fingerprint density at radius 1 is 1.21 bits per heavy atom. The zero-order valence-corrected chi connectivity index (χ0v) is 13.2. The molecule has 0 aliphatic heterocycles. The number of nitrogens with one attached hydrogen (secondary N) is 1. The predicted molar refractivity (Wildman–Crippen MR) is 88.6 cm³/mol. The number of aromatic nitrogens is 2. The first-order chi connectivity index (χ1) is 11.6. The molecule has 0 fully saturated rings. The Balaban J connectivity index is 1.65. The SMILES string of the molecule is Cc1nc2ccccc2n1CCCNc1c(F)cc(C#N)cc1F. The van der Waals surface area contributed by atoms with Crippen molar-refractivity contribution in [3.05, 3.63) is 59.4 Å². The molecule has 6 heteroatoms. The Labute approximate surface area is 138 Å². The number of para-hydroxylation sites is 2. The molecule has 0 saturated heterocycles. The van der Waals surface area contributed by atoms with E-state index in [4.69, 9.17) is 5.26 Å². The number of hydrogen-bond acceptors (Lipinski definition) is 3. The van der Waals surface area contributed by atoms with Crippen molar-refractivity contribution in [3.8, 4) is 6.07 Å². The second-order valence-corrected chi connectivity index (χ2v) is 5.51. The fraction of sp³-hybridized carbons (Fsp3) is 0.222. The Morgan fingerprint density at radius 2 is 1.92 bits per heavy atom. The summed E-state index contributed by atoms with van der Waals surface area (Å²) in [5.41, 5.74) is 1.76. The molecule has 0 atom stereocenters. The van der Waals surface area contributed by atoms with E-state index in [1.165, 1.54) is 0 Å². The van der Waals surface area contributed by atoms with Crippen LogP contribution in [-0.2, 0) is 6.54 Å². The van der Waals surface area contributed by atoms with Gasteiger partial charge in [0.1, 0.15) is 11.5 Å². The molecule has 0 amide bonds. The predicted octanol–water partition coefficient (Wildman–Crippen LogP) is 4.00. The summed E-state index contributed by atoms with van der Waals surface area (Å²) in [6.07, 6.45) is 0.681. The van der Waals surface area contributed by atoms with Crippen molar-refractivity contribution in [2.75, 3.05) is 11.9 Å². The number of hydrogen-bond donors (Lipinski definition) is 1. The minimum Gasteiger partial charge on any atom is -0.380 e. The van der Waals surface area contributed by atoms with Crippen LogP contribution in [0.4, 0.5) is 14.5 Å². The number of aryl methyl sites for hydroxylation is 2. The lowest BCUT2D eigenvalue weighted by Gasteiger charge is -2.10. The molecular formula is C18H16F2N4. The molecule has 4 nitrogen and oxygen atoms in total. The van der Waals surface area contributed by atoms with Gasteiger partial charge in [-0.1, -0.05) is 12.1 Å². The number of halogens is 2. The average Bonchev–Trinajstić information content (AvgIpc) is 2.88. The molecule has 3 aromatic rings. The van der Waals surface area contributed by atoms with Crippen LogP contribution in [0.5, 0.6) is 0 Å². The highest BCUT2D eigenvalue weighted by atomic mass is 19.1. The Morgan fingerprint density at radius 3 is 2.62 bits per heavy atom. The van der Waals surface area contributed by atoms with E-state index in [2.05, 4.69) is 14.9 Å². The van der Waals surface area contributed by atoms with E-state index in [1.807, 2.05) is 31.2 Å². The minimum atomic E-state index is -0.754. The van der Waals surface area contributed by atoms with Gasteiger partial charge in [0, 0.05) is 13.1 Å². The van der Waals surface area contributed by atoms with Gasteiger partial charge in [-0.2, -0.15) is 5.26 Å². The lowest BCUT2D eigenvalue weighted by molar-refractivity contribution is 0.584. The van der Waals surface area contributed by atoms with Gasteiger partial charge in [0.25, 0.3) is 0 Å². The largest absolute Gasteiger partial charge is 0.380 e. The van der Waals surface area contributed by atoms with Crippen LogP contribution < -0.4 is 5.32 Å². The highest BCUT2D eigenvalue weighted by Crippen LogP contribution is 2.21. The van der Waals surface area contributed by atoms with Gasteiger partial charge >= 0.3 is 0 Å². The van der Waals surface area contributed by atoms with Gasteiger partial charge in [-0.15, -0.1) is 0 Å². The van der Waals surface area contributed by atoms with Crippen LogP contribution in [0, 0.1) is 29.9 Å². The smallest absolute Gasteiger partial charge is 0.150 e. The fourth-order valence-corrected chi connectivity index (χ4v) is 2.74. The number of nitriles is 1. The summed E-state index contributed by atoms with van der Waals surface area (Å²) in [4.78, 5) is 4.49. The van der Waals surface area contributed by atoms with E-state index >= 15 is 0 Å². The maximum absolute atomic E-state index is 13.8. The normalized spacial score (nSPS) is 10.8. The molecule has 1 aromatic heterocycles. The molecule has 0 bridgehead atoms. The molecule has 0 spiro atoms. The van der Waals surface area contributed by atoms with Gasteiger partial charge in [-0.3, -0.25) is 0 Å². The zero-order valence-electron chi connectivity index (χ0n) is 13.2. The van der Waals surface area contributed by atoms with Crippen molar-refractivity contribution in [1.29, 1.82) is 5.26 Å². The molecule has 0 saturated carbocycles. The quantitative estimate of drug-likeness (QED) is 0.721. The molecule has 0 radical (unpaired) electrons. The third kappa shape index (κ3) is 3.06. The number of nitrogens with zero attached hydrogens (tertiary/aromatic N) is 3. The van der Waals surface area contributed by atoms with Crippen LogP contribution >= 0.6 is 0 Å². The van der Waals surface area contributed by atoms with Gasteiger partial charge in [0.15, 0.2) is 11.6 Å². The molecule has 0 unspecified atom stereocenters. The first-order valence-electron chi connectivity index (χ1n) is 7.65. The summed E-state index contributed by atoms with van der Waals surface area (Å²) in [6, 6.07) is 11.6. The Kier molecular flexibility index (Phi) is 4.43. The number of fused-ring (bicyclic) bond motifs is 1. The minimum absolute atomic E-state index is 0.0314. The fourth-order valence-electron chi connectivity index (χ4n) is 2.74. The topological polar surface area (TPSA) is 53.6 Å². The van der Waals surface area contributed by atoms with E-state index in [0.717, 1.165) is 29.0 Å². The van der Waals surface area contributed by atoms with Crippen LogP contribution in [0.25, 0.3) is 11.0 Å². The summed E-state index contributed by atoms with van der Waals surface area (Å²) in [6.45, 7) is 3.04. The average molecular weight is 326 g/mol. The van der Waals surface area contributed by atoms with Crippen LogP contribution in [0.1, 0.15) is 17.8 Å². The molecule has 3 rings (SSSR count). The summed E-state index contributed by atoms with van der Waals surface area (Å²) in [7, 11) is 0. The summed E-state index contributed by atoms with van der Waals surface area (Å²) < 4.78 is 29.7. The summed E-state index contributed by atoms with van der Waals surface area (Å²) >= 11 is 0. The van der Waals surface area contributed by atoms with Crippen molar-refractivity contribution < 1.29 is 8.78 Å². The standard InChI is InChI=1S/C18H16F2N4/c1-12-23-16-5-2-3-6-17(16)24(12)8-4-7-22-18-14(19)9-13(11-21)10-15(18)20/h2-3,5-6,9-10,22H,4,7-8H2,1H3. The van der Waals surface area contributed by atoms with E-state index in [1.54, 1.807) is 6.07 Å². The van der Waals surface area contributed by atoms with Crippen molar-refractivity contribution in [2.24, 2.45) is 0 Å². The highest BCUT2D eigenvalue weighted by Gasteiger charge is 2.11. The van der Waals surface area contributed by atoms with Crippen LogP contribution in [0.2, 0.25) is 0 Å². The monoisotopic (exact) mass is 326 g/mol. The van der Waals surface area contributed by atoms with Crippen LogP contribution in [-0.4, -0.2) is 16.1 Å².